The third-order valence-corrected chi connectivity index (χ3v) is 6.69. The number of nitrogens with one attached hydrogen (secondary N) is 2. The van der Waals surface area contributed by atoms with E-state index in [4.69, 9.17) is 38.2 Å². The first-order chi connectivity index (χ1) is 19.2. The van der Waals surface area contributed by atoms with Gasteiger partial charge in [0, 0.05) is 5.56 Å². The largest absolute Gasteiger partial charge is 0.490 e. The van der Waals surface area contributed by atoms with E-state index in [0.717, 1.165) is 19.4 Å². The molecule has 40 heavy (non-hydrogen) atoms. The summed E-state index contributed by atoms with van der Waals surface area (Å²) in [6.45, 7) is 3.07. The Morgan fingerprint density at radius 1 is 1.05 bits per heavy atom. The van der Waals surface area contributed by atoms with Crippen molar-refractivity contribution in [2.45, 2.75) is 26.3 Å². The topological polar surface area (TPSA) is 135 Å². The summed E-state index contributed by atoms with van der Waals surface area (Å²) in [5, 5.41) is 9.95. The van der Waals surface area contributed by atoms with Gasteiger partial charge >= 0.3 is 0 Å². The SMILES string of the molecule is Cc1onc2c1C(=O)NC(N)=NCc1cc(Cl)c(c(Cl)c1)NC(=O)CN(C)CCC/C=C\COc1ccc-2cc1. The Morgan fingerprint density at radius 2 is 1.77 bits per heavy atom. The van der Waals surface area contributed by atoms with Crippen LogP contribution in [0.3, 0.4) is 0 Å². The van der Waals surface area contributed by atoms with Crippen LogP contribution in [0.4, 0.5) is 5.69 Å². The fourth-order valence-electron chi connectivity index (χ4n) is 4.09. The molecule has 0 saturated carbocycles. The van der Waals surface area contributed by atoms with Gasteiger partial charge in [-0.2, -0.15) is 0 Å². The zero-order valence-electron chi connectivity index (χ0n) is 22.2. The molecule has 12 heteroatoms. The molecule has 4 aliphatic heterocycles. The summed E-state index contributed by atoms with van der Waals surface area (Å²) in [6, 6.07) is 10.5. The van der Waals surface area contributed by atoms with E-state index in [1.165, 1.54) is 0 Å². The molecule has 10 nitrogen and oxygen atoms in total. The van der Waals surface area contributed by atoms with Gasteiger partial charge in [-0.25, -0.2) is 4.99 Å². The molecule has 0 atom stereocenters. The minimum Gasteiger partial charge on any atom is -0.490 e. The smallest absolute Gasteiger partial charge is 0.263 e. The number of likely N-dealkylation sites (N-methyl/N-ethyl adjacent to an activating group) is 1. The molecular weight excluding hydrogens is 555 g/mol. The lowest BCUT2D eigenvalue weighted by molar-refractivity contribution is -0.117. The highest BCUT2D eigenvalue weighted by Crippen LogP contribution is 2.32. The third-order valence-electron chi connectivity index (χ3n) is 6.09. The van der Waals surface area contributed by atoms with Crippen molar-refractivity contribution >= 4 is 46.7 Å². The van der Waals surface area contributed by atoms with E-state index >= 15 is 0 Å². The first kappa shape index (κ1) is 29.1. The zero-order chi connectivity index (χ0) is 28.6. The van der Waals surface area contributed by atoms with Crippen molar-refractivity contribution in [1.82, 2.24) is 15.4 Å². The van der Waals surface area contributed by atoms with Crippen LogP contribution in [0.25, 0.3) is 11.3 Å². The Kier molecular flexibility index (Phi) is 9.81. The number of allylic oxidation sites excluding steroid dienone is 1. The Hall–Kier alpha value is -3.86. The van der Waals surface area contributed by atoms with Crippen LogP contribution in [-0.4, -0.2) is 54.6 Å². The van der Waals surface area contributed by atoms with Crippen LogP contribution in [0.2, 0.25) is 10.0 Å². The summed E-state index contributed by atoms with van der Waals surface area (Å²) in [4.78, 5) is 31.8. The van der Waals surface area contributed by atoms with Crippen LogP contribution in [-0.2, 0) is 11.3 Å². The molecule has 4 aliphatic rings. The van der Waals surface area contributed by atoms with Gasteiger partial charge in [-0.1, -0.05) is 40.5 Å². The van der Waals surface area contributed by atoms with Gasteiger partial charge in [0.1, 0.15) is 29.4 Å². The Balaban J connectivity index is 1.58. The highest BCUT2D eigenvalue weighted by Gasteiger charge is 2.22. The standard InChI is InChI=1S/C28H30Cl2N6O4/c1-17-24-25(35-40-17)19-7-9-20(10-8-19)39-12-6-4-3-5-11-36(2)16-23(37)33-26-21(29)13-18(14-22(26)30)15-32-28(31)34-27(24)38/h4,6-10,13-14H,3,5,11-12,15-16H2,1-2H3,(H,33,37)(H3,31,32,34,38)/b6-4-. The van der Waals surface area contributed by atoms with Crippen molar-refractivity contribution in [1.29, 1.82) is 0 Å². The van der Waals surface area contributed by atoms with E-state index in [1.807, 2.05) is 24.1 Å². The van der Waals surface area contributed by atoms with Gasteiger partial charge in [0.05, 0.1) is 28.8 Å². The average molecular weight is 585 g/mol. The summed E-state index contributed by atoms with van der Waals surface area (Å²) in [6.07, 6.45) is 5.72. The number of benzene rings is 2. The van der Waals surface area contributed by atoms with Crippen molar-refractivity contribution in [2.75, 3.05) is 32.1 Å². The maximum absolute atomic E-state index is 13.1. The minimum absolute atomic E-state index is 0.0912. The molecule has 2 amide bonds. The number of aryl methyl sites for hydroxylation is 1. The number of amides is 2. The number of anilines is 1. The Bertz CT molecular complexity index is 1410. The number of carbonyl (C=O) groups excluding carboxylic acids is 2. The van der Waals surface area contributed by atoms with Gasteiger partial charge in [0.2, 0.25) is 5.91 Å². The number of hydrogen-bond donors (Lipinski definition) is 3. The lowest BCUT2D eigenvalue weighted by Gasteiger charge is -2.17. The molecule has 0 unspecified atom stereocenters. The van der Waals surface area contributed by atoms with Crippen LogP contribution in [0, 0.1) is 6.92 Å². The highest BCUT2D eigenvalue weighted by atomic mass is 35.5. The van der Waals surface area contributed by atoms with Crippen LogP contribution >= 0.6 is 23.2 Å². The van der Waals surface area contributed by atoms with Crippen molar-refractivity contribution < 1.29 is 18.8 Å². The summed E-state index contributed by atoms with van der Waals surface area (Å²) in [5.74, 6) is 0.157. The molecule has 1 aromatic heterocycles. The third kappa shape index (κ3) is 7.62. The first-order valence-corrected chi connectivity index (χ1v) is 13.4. The minimum atomic E-state index is -0.513. The maximum atomic E-state index is 13.1. The Labute approximate surface area is 242 Å². The van der Waals surface area contributed by atoms with E-state index in [1.54, 1.807) is 43.3 Å². The zero-order valence-corrected chi connectivity index (χ0v) is 23.7. The van der Waals surface area contributed by atoms with Crippen LogP contribution in [0.1, 0.15) is 34.5 Å². The quantitative estimate of drug-likeness (QED) is 0.323. The summed E-state index contributed by atoms with van der Waals surface area (Å²) >= 11 is 12.8. The highest BCUT2D eigenvalue weighted by molar-refractivity contribution is 6.39. The number of nitrogens with two attached hydrogens (primary N) is 1. The molecule has 0 saturated heterocycles. The predicted molar refractivity (Wildman–Crippen MR) is 156 cm³/mol. The summed E-state index contributed by atoms with van der Waals surface area (Å²) in [7, 11) is 1.88. The van der Waals surface area contributed by atoms with Gasteiger partial charge in [-0.15, -0.1) is 0 Å². The van der Waals surface area contributed by atoms with Crippen LogP contribution < -0.4 is 21.1 Å². The second kappa shape index (κ2) is 13.5. The molecule has 7 rings (SSSR count). The fourth-order valence-corrected chi connectivity index (χ4v) is 4.72. The summed E-state index contributed by atoms with van der Waals surface area (Å²) in [5.41, 5.74) is 8.26. The summed E-state index contributed by atoms with van der Waals surface area (Å²) < 4.78 is 11.1. The van der Waals surface area contributed by atoms with Gasteiger partial charge in [-0.3, -0.25) is 19.8 Å². The molecular formula is C28H30Cl2N6O4. The molecule has 4 N–H and O–H groups in total. The molecule has 0 spiro atoms. The second-order valence-electron chi connectivity index (χ2n) is 9.29. The molecule has 2 aromatic carbocycles. The molecule has 0 aliphatic carbocycles. The van der Waals surface area contributed by atoms with Crippen LogP contribution in [0.5, 0.6) is 5.75 Å². The molecule has 5 heterocycles. The van der Waals surface area contributed by atoms with Crippen molar-refractivity contribution in [2.24, 2.45) is 10.7 Å². The number of guanidine groups is 1. The first-order valence-electron chi connectivity index (χ1n) is 12.6. The monoisotopic (exact) mass is 584 g/mol. The Morgan fingerprint density at radius 3 is 2.50 bits per heavy atom. The van der Waals surface area contributed by atoms with E-state index in [0.29, 0.717) is 40.6 Å². The number of hydrogen-bond acceptors (Lipinski definition) is 8. The van der Waals surface area contributed by atoms with E-state index in [-0.39, 0.29) is 40.6 Å². The van der Waals surface area contributed by atoms with Gasteiger partial charge in [0.25, 0.3) is 5.91 Å². The van der Waals surface area contributed by atoms with Gasteiger partial charge in [-0.05, 0) is 75.3 Å². The fraction of sp³-hybridized carbons (Fsp3) is 0.286. The number of nitrogens with zero attached hydrogens (tertiary/aromatic N) is 3. The number of aliphatic imine (C=N–C) groups is 1. The normalized spacial score (nSPS) is 16.9. The number of ether oxygens (including phenoxy) is 1. The lowest BCUT2D eigenvalue weighted by Crippen LogP contribution is -2.37. The van der Waals surface area contributed by atoms with Crippen LogP contribution in [0.15, 0.2) is 58.1 Å². The van der Waals surface area contributed by atoms with Gasteiger partial charge < -0.3 is 20.3 Å². The molecule has 210 valence electrons. The molecule has 4 bridgehead atoms. The number of carbonyl (C=O) groups is 2. The van der Waals surface area contributed by atoms with E-state index < -0.39 is 5.91 Å². The van der Waals surface area contributed by atoms with Crippen molar-refractivity contribution in [3.63, 3.8) is 0 Å². The average Bonchev–Trinajstić information content (AvgIpc) is 3.30. The number of rotatable bonds is 0. The van der Waals surface area contributed by atoms with Gasteiger partial charge in [0.15, 0.2) is 5.96 Å². The molecule has 0 radical (unpaired) electrons. The molecule has 0 fully saturated rings. The number of halogens is 2. The lowest BCUT2D eigenvalue weighted by atomic mass is 10.1. The second-order valence-corrected chi connectivity index (χ2v) is 10.1. The van der Waals surface area contributed by atoms with Crippen molar-refractivity contribution in [3.05, 3.63) is 75.5 Å². The van der Waals surface area contributed by atoms with E-state index in [2.05, 4.69) is 20.8 Å². The van der Waals surface area contributed by atoms with E-state index in [9.17, 15) is 9.59 Å². The maximum Gasteiger partial charge on any atom is 0.263 e. The van der Waals surface area contributed by atoms with Crippen molar-refractivity contribution in [3.8, 4) is 17.0 Å². The number of aromatic nitrogens is 1. The predicted octanol–water partition coefficient (Wildman–Crippen LogP) is 4.80. The molecule has 3 aromatic rings.